The predicted octanol–water partition coefficient (Wildman–Crippen LogP) is 2.73. The summed E-state index contributed by atoms with van der Waals surface area (Å²) in [4.78, 5) is 15.5. The summed E-state index contributed by atoms with van der Waals surface area (Å²) in [6, 6.07) is 2.01. The molecule has 0 spiro atoms. The van der Waals surface area contributed by atoms with Crippen LogP contribution in [0.15, 0.2) is 22.1 Å². The number of rotatable bonds is 4. The fourth-order valence-corrected chi connectivity index (χ4v) is 2.24. The quantitative estimate of drug-likeness (QED) is 0.888. The van der Waals surface area contributed by atoms with E-state index in [1.165, 1.54) is 0 Å². The van der Waals surface area contributed by atoms with Crippen LogP contribution < -0.4 is 0 Å². The van der Waals surface area contributed by atoms with Crippen LogP contribution in [0.25, 0.3) is 10.6 Å². The van der Waals surface area contributed by atoms with Crippen LogP contribution in [0, 0.1) is 6.92 Å². The molecule has 16 heavy (non-hydrogen) atoms. The van der Waals surface area contributed by atoms with Crippen molar-refractivity contribution in [3.63, 3.8) is 0 Å². The molecule has 0 aromatic carbocycles. The smallest absolute Gasteiger partial charge is 0.303 e. The van der Waals surface area contributed by atoms with Crippen LogP contribution in [0.5, 0.6) is 0 Å². The van der Waals surface area contributed by atoms with E-state index in [1.807, 2.05) is 18.4 Å². The Morgan fingerprint density at radius 3 is 3.06 bits per heavy atom. The van der Waals surface area contributed by atoms with Crippen molar-refractivity contribution in [2.75, 3.05) is 0 Å². The van der Waals surface area contributed by atoms with Crippen LogP contribution in [0.1, 0.15) is 17.9 Å². The highest BCUT2D eigenvalue weighted by atomic mass is 32.1. The van der Waals surface area contributed by atoms with E-state index in [1.54, 1.807) is 17.5 Å². The van der Waals surface area contributed by atoms with E-state index in [4.69, 9.17) is 9.52 Å². The Labute approximate surface area is 96.6 Å². The molecule has 0 bridgehead atoms. The number of aromatic nitrogens is 1. The first kappa shape index (κ1) is 10.9. The van der Waals surface area contributed by atoms with Crippen molar-refractivity contribution < 1.29 is 14.3 Å². The monoisotopic (exact) mass is 237 g/mol. The molecule has 0 amide bonds. The van der Waals surface area contributed by atoms with Gasteiger partial charge in [-0.15, -0.1) is 11.3 Å². The average Bonchev–Trinajstić information content (AvgIpc) is 2.83. The van der Waals surface area contributed by atoms with Gasteiger partial charge in [-0.25, -0.2) is 4.98 Å². The number of thiophene rings is 1. The van der Waals surface area contributed by atoms with Crippen molar-refractivity contribution in [2.24, 2.45) is 0 Å². The van der Waals surface area contributed by atoms with Crippen LogP contribution in [-0.4, -0.2) is 16.1 Å². The van der Waals surface area contributed by atoms with Crippen molar-refractivity contribution in [3.8, 4) is 10.6 Å². The molecule has 0 aliphatic rings. The molecule has 2 aromatic rings. The molecule has 84 valence electrons. The summed E-state index contributed by atoms with van der Waals surface area (Å²) in [5.74, 6) is 0.352. The topological polar surface area (TPSA) is 63.3 Å². The zero-order valence-electron chi connectivity index (χ0n) is 8.77. The fourth-order valence-electron chi connectivity index (χ4n) is 1.37. The molecular formula is C11H11NO3S. The Kier molecular flexibility index (Phi) is 3.05. The van der Waals surface area contributed by atoms with Crippen LogP contribution >= 0.6 is 11.3 Å². The van der Waals surface area contributed by atoms with Crippen LogP contribution in [0.3, 0.4) is 0 Å². The minimum Gasteiger partial charge on any atom is -0.481 e. The summed E-state index contributed by atoms with van der Waals surface area (Å²) in [6.07, 6.45) is 2.03. The van der Waals surface area contributed by atoms with Crippen LogP contribution in [0.4, 0.5) is 0 Å². The Morgan fingerprint density at radius 1 is 1.62 bits per heavy atom. The molecule has 0 saturated carbocycles. The van der Waals surface area contributed by atoms with Crippen LogP contribution in [-0.2, 0) is 11.2 Å². The van der Waals surface area contributed by atoms with Gasteiger partial charge in [0.15, 0.2) is 11.7 Å². The number of hydrogen-bond acceptors (Lipinski definition) is 4. The molecule has 2 rings (SSSR count). The number of carboxylic acids is 1. The van der Waals surface area contributed by atoms with Crippen molar-refractivity contribution >= 4 is 17.3 Å². The van der Waals surface area contributed by atoms with E-state index < -0.39 is 5.97 Å². The number of oxazole rings is 1. The van der Waals surface area contributed by atoms with Gasteiger partial charge in [0.25, 0.3) is 0 Å². The number of aryl methyl sites for hydroxylation is 2. The van der Waals surface area contributed by atoms with Gasteiger partial charge >= 0.3 is 5.97 Å². The molecule has 0 radical (unpaired) electrons. The summed E-state index contributed by atoms with van der Waals surface area (Å²) >= 11 is 1.59. The predicted molar refractivity (Wildman–Crippen MR) is 60.5 cm³/mol. The summed E-state index contributed by atoms with van der Waals surface area (Å²) in [5, 5.41) is 10.5. The zero-order valence-corrected chi connectivity index (χ0v) is 9.58. The maximum atomic E-state index is 10.4. The van der Waals surface area contributed by atoms with E-state index in [0.29, 0.717) is 18.1 Å². The number of nitrogens with zero attached hydrogens (tertiary/aromatic N) is 1. The van der Waals surface area contributed by atoms with Crippen molar-refractivity contribution in [1.82, 2.24) is 4.98 Å². The Bertz CT molecular complexity index is 501. The zero-order chi connectivity index (χ0) is 11.5. The summed E-state index contributed by atoms with van der Waals surface area (Å²) in [6.45, 7) is 2.01. The van der Waals surface area contributed by atoms with Crippen LogP contribution in [0.2, 0.25) is 0 Å². The number of aliphatic carboxylic acids is 1. The molecule has 2 heterocycles. The maximum absolute atomic E-state index is 10.4. The van der Waals surface area contributed by atoms with Crippen molar-refractivity contribution in [1.29, 1.82) is 0 Å². The maximum Gasteiger partial charge on any atom is 0.303 e. The van der Waals surface area contributed by atoms with Gasteiger partial charge in [-0.3, -0.25) is 4.79 Å². The average molecular weight is 237 g/mol. The Balaban J connectivity index is 2.14. The lowest BCUT2D eigenvalue weighted by Crippen LogP contribution is -1.97. The van der Waals surface area contributed by atoms with E-state index >= 15 is 0 Å². The van der Waals surface area contributed by atoms with Gasteiger partial charge in [0.05, 0.1) is 17.5 Å². The highest BCUT2D eigenvalue weighted by molar-refractivity contribution is 7.13. The van der Waals surface area contributed by atoms with E-state index in [9.17, 15) is 4.79 Å². The standard InChI is InChI=1S/C11H11NO3S/c1-7-4-5-16-11(7)8-6-12-9(15-8)2-3-10(13)14/h4-6H,2-3H2,1H3,(H,13,14). The molecule has 0 aliphatic carbocycles. The van der Waals surface area contributed by atoms with E-state index in [2.05, 4.69) is 4.98 Å². The first-order valence-corrected chi connectivity index (χ1v) is 5.76. The molecule has 0 unspecified atom stereocenters. The highest BCUT2D eigenvalue weighted by Gasteiger charge is 2.10. The van der Waals surface area contributed by atoms with Gasteiger partial charge < -0.3 is 9.52 Å². The van der Waals surface area contributed by atoms with Crippen molar-refractivity contribution in [3.05, 3.63) is 29.1 Å². The Morgan fingerprint density at radius 2 is 2.44 bits per heavy atom. The fraction of sp³-hybridized carbons (Fsp3) is 0.273. The number of hydrogen-bond donors (Lipinski definition) is 1. The first-order chi connectivity index (χ1) is 7.66. The van der Waals surface area contributed by atoms with E-state index in [0.717, 1.165) is 10.4 Å². The third-order valence-corrected chi connectivity index (χ3v) is 3.22. The van der Waals surface area contributed by atoms with Gasteiger partial charge in [-0.05, 0) is 23.9 Å². The Hall–Kier alpha value is -1.62. The largest absolute Gasteiger partial charge is 0.481 e. The van der Waals surface area contributed by atoms with Crippen molar-refractivity contribution in [2.45, 2.75) is 19.8 Å². The number of carboxylic acid groups (broad SMARTS) is 1. The summed E-state index contributed by atoms with van der Waals surface area (Å²) < 4.78 is 5.50. The molecule has 0 fully saturated rings. The van der Waals surface area contributed by atoms with Gasteiger partial charge in [0.1, 0.15) is 0 Å². The second kappa shape index (κ2) is 4.49. The number of carbonyl (C=O) groups is 1. The third kappa shape index (κ3) is 2.30. The third-order valence-electron chi connectivity index (χ3n) is 2.19. The highest BCUT2D eigenvalue weighted by Crippen LogP contribution is 2.29. The minimum atomic E-state index is -0.841. The lowest BCUT2D eigenvalue weighted by atomic mass is 10.2. The second-order valence-corrected chi connectivity index (χ2v) is 4.36. The molecule has 0 saturated heterocycles. The SMILES string of the molecule is Cc1ccsc1-c1cnc(CCC(=O)O)o1. The minimum absolute atomic E-state index is 0.0450. The normalized spacial score (nSPS) is 10.6. The molecule has 0 atom stereocenters. The summed E-state index contributed by atoms with van der Waals surface area (Å²) in [5.41, 5.74) is 1.14. The molecule has 5 heteroatoms. The summed E-state index contributed by atoms with van der Waals surface area (Å²) in [7, 11) is 0. The lowest BCUT2D eigenvalue weighted by Gasteiger charge is -1.93. The second-order valence-electron chi connectivity index (χ2n) is 3.44. The van der Waals surface area contributed by atoms with Gasteiger partial charge in [-0.1, -0.05) is 0 Å². The molecule has 1 N–H and O–H groups in total. The van der Waals surface area contributed by atoms with Gasteiger partial charge in [-0.2, -0.15) is 0 Å². The lowest BCUT2D eigenvalue weighted by molar-refractivity contribution is -0.137. The molecular weight excluding hydrogens is 226 g/mol. The molecule has 2 aromatic heterocycles. The first-order valence-electron chi connectivity index (χ1n) is 4.88. The molecule has 4 nitrogen and oxygen atoms in total. The molecule has 0 aliphatic heterocycles. The van der Waals surface area contributed by atoms with E-state index in [-0.39, 0.29) is 6.42 Å². The van der Waals surface area contributed by atoms with Gasteiger partial charge in [0.2, 0.25) is 0 Å². The van der Waals surface area contributed by atoms with Gasteiger partial charge in [0, 0.05) is 6.42 Å².